The minimum Gasteiger partial charge on any atom is -0.496 e. The number of rotatable bonds is 7. The fourth-order valence-electron chi connectivity index (χ4n) is 2.76. The first kappa shape index (κ1) is 21.3. The molecule has 1 aliphatic rings. The largest absolute Gasteiger partial charge is 0.496 e. The van der Waals surface area contributed by atoms with Crippen molar-refractivity contribution in [2.75, 3.05) is 41.1 Å². The van der Waals surface area contributed by atoms with Crippen molar-refractivity contribution in [2.45, 2.75) is 24.8 Å². The van der Waals surface area contributed by atoms with Crippen LogP contribution in [0.1, 0.15) is 18.4 Å². The number of methoxy groups -OCH3 is 3. The molecule has 8 heteroatoms. The Kier molecular flexibility index (Phi) is 8.28. The van der Waals surface area contributed by atoms with Gasteiger partial charge in [-0.05, 0) is 19.3 Å². The van der Waals surface area contributed by atoms with Gasteiger partial charge in [0.25, 0.3) is 0 Å². The molecule has 1 aromatic carbocycles. The van der Waals surface area contributed by atoms with Crippen molar-refractivity contribution in [3.05, 3.63) is 17.7 Å². The molecule has 142 valence electrons. The second kappa shape index (κ2) is 9.70. The lowest BCUT2D eigenvalue weighted by Gasteiger charge is -2.31. The Hall–Kier alpha value is -1.70. The standard InChI is InChI=1S/C17H26N2O5.ClH/c1-21-12-10-14(22-2)13(15(11-12)23-3)4-7-19-16(20)17(18)5-8-24-9-6-17;/h10-11H,4-9,18H2,1-3H3,(H,19,20);1H. The molecule has 1 saturated heterocycles. The topological polar surface area (TPSA) is 92.0 Å². The first-order valence-electron chi connectivity index (χ1n) is 7.98. The smallest absolute Gasteiger partial charge is 0.240 e. The number of ether oxygens (including phenoxy) is 4. The lowest BCUT2D eigenvalue weighted by atomic mass is 9.90. The van der Waals surface area contributed by atoms with E-state index in [1.54, 1.807) is 33.5 Å². The van der Waals surface area contributed by atoms with Crippen LogP contribution in [0.4, 0.5) is 0 Å². The van der Waals surface area contributed by atoms with Gasteiger partial charge in [-0.3, -0.25) is 4.79 Å². The summed E-state index contributed by atoms with van der Waals surface area (Å²) in [5.41, 5.74) is 6.21. The summed E-state index contributed by atoms with van der Waals surface area (Å²) in [5.74, 6) is 1.83. The molecule has 2 rings (SSSR count). The van der Waals surface area contributed by atoms with Gasteiger partial charge >= 0.3 is 0 Å². The molecule has 3 N–H and O–H groups in total. The molecular formula is C17H27ClN2O5. The molecule has 1 aromatic rings. The quantitative estimate of drug-likeness (QED) is 0.747. The van der Waals surface area contributed by atoms with E-state index in [9.17, 15) is 4.79 Å². The highest BCUT2D eigenvalue weighted by Gasteiger charge is 2.35. The van der Waals surface area contributed by atoms with Crippen LogP contribution in [0.5, 0.6) is 17.2 Å². The van der Waals surface area contributed by atoms with Gasteiger partial charge in [0.05, 0.1) is 26.9 Å². The van der Waals surface area contributed by atoms with E-state index in [-0.39, 0.29) is 18.3 Å². The maximum Gasteiger partial charge on any atom is 0.240 e. The lowest BCUT2D eigenvalue weighted by molar-refractivity contribution is -0.129. The molecule has 0 saturated carbocycles. The first-order valence-corrected chi connectivity index (χ1v) is 7.98. The molecule has 0 bridgehead atoms. The minimum atomic E-state index is -0.841. The fraction of sp³-hybridized carbons (Fsp3) is 0.588. The van der Waals surface area contributed by atoms with Crippen LogP contribution in [0, 0.1) is 0 Å². The van der Waals surface area contributed by atoms with Crippen molar-refractivity contribution in [3.63, 3.8) is 0 Å². The van der Waals surface area contributed by atoms with E-state index in [2.05, 4.69) is 5.32 Å². The van der Waals surface area contributed by atoms with E-state index in [1.165, 1.54) is 0 Å². The van der Waals surface area contributed by atoms with E-state index in [0.717, 1.165) is 5.56 Å². The average molecular weight is 375 g/mol. The summed E-state index contributed by atoms with van der Waals surface area (Å²) in [7, 11) is 4.77. The molecule has 0 aliphatic carbocycles. The highest BCUT2D eigenvalue weighted by atomic mass is 35.5. The zero-order valence-electron chi connectivity index (χ0n) is 14.9. The van der Waals surface area contributed by atoms with Crippen molar-refractivity contribution in [2.24, 2.45) is 5.73 Å². The second-order valence-electron chi connectivity index (χ2n) is 5.78. The maximum absolute atomic E-state index is 12.3. The lowest BCUT2D eigenvalue weighted by Crippen LogP contribution is -2.57. The highest BCUT2D eigenvalue weighted by molar-refractivity contribution is 5.86. The van der Waals surface area contributed by atoms with E-state index in [0.29, 0.717) is 56.3 Å². The van der Waals surface area contributed by atoms with Gasteiger partial charge in [-0.1, -0.05) is 0 Å². The van der Waals surface area contributed by atoms with Gasteiger partial charge in [0, 0.05) is 37.5 Å². The Morgan fingerprint density at radius 3 is 2.20 bits per heavy atom. The SMILES string of the molecule is COc1cc(OC)c(CCNC(=O)C2(N)CCOCC2)c(OC)c1.Cl. The zero-order valence-corrected chi connectivity index (χ0v) is 15.7. The van der Waals surface area contributed by atoms with Crippen LogP contribution in [0.2, 0.25) is 0 Å². The summed E-state index contributed by atoms with van der Waals surface area (Å²) >= 11 is 0. The molecule has 0 atom stereocenters. The summed E-state index contributed by atoms with van der Waals surface area (Å²) in [6.07, 6.45) is 1.64. The Morgan fingerprint density at radius 2 is 1.72 bits per heavy atom. The Balaban J connectivity index is 0.00000312. The predicted molar refractivity (Wildman–Crippen MR) is 97.0 cm³/mol. The number of amides is 1. The second-order valence-corrected chi connectivity index (χ2v) is 5.78. The molecule has 1 aliphatic heterocycles. The molecular weight excluding hydrogens is 348 g/mol. The van der Waals surface area contributed by atoms with Crippen LogP contribution >= 0.6 is 12.4 Å². The Labute approximate surface area is 154 Å². The van der Waals surface area contributed by atoms with Crippen molar-refractivity contribution >= 4 is 18.3 Å². The van der Waals surface area contributed by atoms with Gasteiger partial charge in [-0.2, -0.15) is 0 Å². The molecule has 0 aromatic heterocycles. The number of nitrogens with one attached hydrogen (secondary N) is 1. The van der Waals surface area contributed by atoms with Gasteiger partial charge in [-0.15, -0.1) is 12.4 Å². The molecule has 0 unspecified atom stereocenters. The van der Waals surface area contributed by atoms with Crippen LogP contribution in [0.25, 0.3) is 0 Å². The number of hydrogen-bond acceptors (Lipinski definition) is 6. The van der Waals surface area contributed by atoms with Gasteiger partial charge in [0.1, 0.15) is 17.2 Å². The number of carbonyl (C=O) groups is 1. The number of halogens is 1. The summed E-state index contributed by atoms with van der Waals surface area (Å²) in [5, 5.41) is 2.91. The van der Waals surface area contributed by atoms with Crippen LogP contribution in [-0.4, -0.2) is 52.5 Å². The van der Waals surface area contributed by atoms with E-state index in [1.807, 2.05) is 0 Å². The van der Waals surface area contributed by atoms with Crippen LogP contribution in [0.3, 0.4) is 0 Å². The average Bonchev–Trinajstić information content (AvgIpc) is 2.61. The molecule has 1 fully saturated rings. The van der Waals surface area contributed by atoms with Gasteiger partial charge in [-0.25, -0.2) is 0 Å². The van der Waals surface area contributed by atoms with Gasteiger partial charge in [0.15, 0.2) is 0 Å². The van der Waals surface area contributed by atoms with Crippen LogP contribution in [0.15, 0.2) is 12.1 Å². The zero-order chi connectivity index (χ0) is 17.6. The molecule has 0 spiro atoms. The minimum absolute atomic E-state index is 0. The molecule has 25 heavy (non-hydrogen) atoms. The Bertz CT molecular complexity index is 551. The predicted octanol–water partition coefficient (Wildman–Crippen LogP) is 1.30. The number of carbonyl (C=O) groups excluding carboxylic acids is 1. The van der Waals surface area contributed by atoms with Gasteiger partial charge in [0.2, 0.25) is 5.91 Å². The highest BCUT2D eigenvalue weighted by Crippen LogP contribution is 2.34. The number of benzene rings is 1. The van der Waals surface area contributed by atoms with Crippen molar-refractivity contribution in [3.8, 4) is 17.2 Å². The summed E-state index contributed by atoms with van der Waals surface area (Å²) < 4.78 is 21.3. The van der Waals surface area contributed by atoms with Gasteiger partial charge < -0.3 is 30.0 Å². The van der Waals surface area contributed by atoms with Crippen molar-refractivity contribution in [1.29, 1.82) is 0 Å². The summed E-state index contributed by atoms with van der Waals surface area (Å²) in [6.45, 7) is 1.48. The third-order valence-corrected chi connectivity index (χ3v) is 4.31. The summed E-state index contributed by atoms with van der Waals surface area (Å²) in [4.78, 5) is 12.3. The maximum atomic E-state index is 12.3. The normalized spacial score (nSPS) is 15.7. The monoisotopic (exact) mass is 374 g/mol. The molecule has 1 amide bonds. The molecule has 1 heterocycles. The Morgan fingerprint density at radius 1 is 1.16 bits per heavy atom. The van der Waals surface area contributed by atoms with E-state index in [4.69, 9.17) is 24.7 Å². The van der Waals surface area contributed by atoms with Crippen LogP contribution < -0.4 is 25.3 Å². The van der Waals surface area contributed by atoms with E-state index < -0.39 is 5.54 Å². The van der Waals surface area contributed by atoms with E-state index >= 15 is 0 Å². The van der Waals surface area contributed by atoms with Crippen molar-refractivity contribution < 1.29 is 23.7 Å². The van der Waals surface area contributed by atoms with Crippen LogP contribution in [-0.2, 0) is 16.0 Å². The third kappa shape index (κ3) is 5.14. The number of hydrogen-bond donors (Lipinski definition) is 2. The summed E-state index contributed by atoms with van der Waals surface area (Å²) in [6, 6.07) is 3.59. The van der Waals surface area contributed by atoms with Crippen molar-refractivity contribution in [1.82, 2.24) is 5.32 Å². The fourth-order valence-corrected chi connectivity index (χ4v) is 2.76. The first-order chi connectivity index (χ1) is 11.5. The molecule has 7 nitrogen and oxygen atoms in total. The number of nitrogens with two attached hydrogens (primary N) is 1. The molecule has 0 radical (unpaired) electrons. The third-order valence-electron chi connectivity index (χ3n) is 4.31.